The number of carbonyl (C=O) groups excluding carboxylic acids is 4. The Bertz CT molecular complexity index is 1700. The molecule has 0 aliphatic heterocycles. The van der Waals surface area contributed by atoms with Crippen LogP contribution in [0.25, 0.3) is 0 Å². The van der Waals surface area contributed by atoms with Crippen LogP contribution in [0.1, 0.15) is 331 Å². The maximum absolute atomic E-state index is 13.0. The van der Waals surface area contributed by atoms with Crippen LogP contribution in [0.4, 0.5) is 0 Å². The van der Waals surface area contributed by atoms with Gasteiger partial charge in [0.05, 0.1) is 26.4 Å². The van der Waals surface area contributed by atoms with Crippen molar-refractivity contribution in [1.29, 1.82) is 0 Å². The van der Waals surface area contributed by atoms with Crippen molar-refractivity contribution in [3.63, 3.8) is 0 Å². The average Bonchev–Trinajstić information content (AvgIpc) is 3.68. The molecule has 0 heterocycles. The van der Waals surface area contributed by atoms with Crippen LogP contribution in [0.5, 0.6) is 0 Å². The Hall–Kier alpha value is -1.94. The number of aliphatic hydroxyl groups excluding tert-OH is 1. The number of phosphoric acid groups is 2. The van der Waals surface area contributed by atoms with E-state index in [0.29, 0.717) is 37.5 Å². The molecule has 0 amide bonds. The summed E-state index contributed by atoms with van der Waals surface area (Å²) in [5.41, 5.74) is 0. The van der Waals surface area contributed by atoms with Crippen LogP contribution in [0.2, 0.25) is 0 Å². The Labute approximate surface area is 524 Å². The third-order valence-electron chi connectivity index (χ3n) is 15.4. The average molecular weight is 1270 g/mol. The number of esters is 4. The maximum atomic E-state index is 13.0. The summed E-state index contributed by atoms with van der Waals surface area (Å²) in [5.74, 6) is 0.0277. The zero-order valence-electron chi connectivity index (χ0n) is 55.8. The van der Waals surface area contributed by atoms with Crippen LogP contribution < -0.4 is 0 Å². The molecule has 0 aromatic heterocycles. The summed E-state index contributed by atoms with van der Waals surface area (Å²) in [7, 11) is -9.89. The van der Waals surface area contributed by atoms with Crippen LogP contribution in [0.15, 0.2) is 0 Å². The molecule has 0 fully saturated rings. The predicted octanol–water partition coefficient (Wildman–Crippen LogP) is 18.7. The van der Waals surface area contributed by atoms with E-state index in [9.17, 15) is 43.2 Å². The number of carbonyl (C=O) groups is 4. The largest absolute Gasteiger partial charge is 0.472 e. The van der Waals surface area contributed by atoms with Crippen molar-refractivity contribution in [2.75, 3.05) is 39.6 Å². The quantitative estimate of drug-likeness (QED) is 0.0222. The summed E-state index contributed by atoms with van der Waals surface area (Å²) < 4.78 is 68.1. The van der Waals surface area contributed by atoms with Gasteiger partial charge in [0.25, 0.3) is 0 Å². The summed E-state index contributed by atoms with van der Waals surface area (Å²) in [6.45, 7) is 11.7. The molecule has 19 heteroatoms. The lowest BCUT2D eigenvalue weighted by molar-refractivity contribution is -0.161. The molecule has 17 nitrogen and oxygen atoms in total. The summed E-state index contributed by atoms with van der Waals surface area (Å²) in [6, 6.07) is 0. The highest BCUT2D eigenvalue weighted by molar-refractivity contribution is 7.47. The fourth-order valence-corrected chi connectivity index (χ4v) is 11.6. The monoisotopic (exact) mass is 1270 g/mol. The molecule has 0 bridgehead atoms. The van der Waals surface area contributed by atoms with Gasteiger partial charge in [0.15, 0.2) is 12.2 Å². The molecule has 0 saturated carbocycles. The Morgan fingerprint density at radius 3 is 0.791 bits per heavy atom. The second-order valence-electron chi connectivity index (χ2n) is 25.6. The molecule has 2 unspecified atom stereocenters. The van der Waals surface area contributed by atoms with Crippen molar-refractivity contribution in [3.8, 4) is 0 Å². The number of aliphatic hydroxyl groups is 1. The molecule has 510 valence electrons. The van der Waals surface area contributed by atoms with E-state index in [-0.39, 0.29) is 25.7 Å². The third kappa shape index (κ3) is 60.9. The Morgan fingerprint density at radius 2 is 0.535 bits per heavy atom. The standard InChI is InChI=1S/C67H130O17P2/c1-8-9-10-11-12-13-17-21-26-34-41-48-64(69)77-54-62(83-66(71)50-43-36-27-22-19-16-14-15-18-20-24-31-38-45-58(2)3)56-81-85(73,74)79-52-61(68)53-80-86(75,76)82-57-63(55-78-65(70)49-42-35-30-29-33-40-47-60(6)7)84-67(72)51-44-37-28-23-25-32-39-46-59(4)5/h58-63,68H,8-57H2,1-7H3,(H,73,74)(H,75,76)/t61-,62-,63-/m1/s1. The SMILES string of the molecule is CCCCCCCCCCCCCC(=O)OC[C@H](COP(=O)(O)OC[C@@H](O)COP(=O)(O)OC[C@@H](COC(=O)CCCCCCCCC(C)C)OC(=O)CCCCCCCCCC(C)C)OC(=O)CCCCCCCCCCCCCCCC(C)C. The van der Waals surface area contributed by atoms with Gasteiger partial charge < -0.3 is 33.8 Å². The van der Waals surface area contributed by atoms with Gasteiger partial charge in [-0.15, -0.1) is 0 Å². The van der Waals surface area contributed by atoms with Gasteiger partial charge in [0.1, 0.15) is 19.3 Å². The summed E-state index contributed by atoms with van der Waals surface area (Å²) >= 11 is 0. The molecule has 86 heavy (non-hydrogen) atoms. The molecule has 0 aliphatic carbocycles. The van der Waals surface area contributed by atoms with Crippen molar-refractivity contribution < 1.29 is 80.2 Å². The molecule has 0 radical (unpaired) electrons. The number of hydrogen-bond acceptors (Lipinski definition) is 15. The number of ether oxygens (including phenoxy) is 4. The van der Waals surface area contributed by atoms with Crippen molar-refractivity contribution in [1.82, 2.24) is 0 Å². The summed E-state index contributed by atoms with van der Waals surface area (Å²) in [6.07, 6.45) is 40.5. The highest BCUT2D eigenvalue weighted by Gasteiger charge is 2.30. The lowest BCUT2D eigenvalue weighted by atomic mass is 10.0. The third-order valence-corrected chi connectivity index (χ3v) is 17.3. The van der Waals surface area contributed by atoms with Crippen LogP contribution in [0, 0.1) is 17.8 Å². The number of rotatable bonds is 65. The number of unbranched alkanes of at least 4 members (excludes halogenated alkanes) is 33. The van der Waals surface area contributed by atoms with E-state index in [1.807, 2.05) is 0 Å². The van der Waals surface area contributed by atoms with Gasteiger partial charge in [-0.25, -0.2) is 9.13 Å². The first-order valence-corrected chi connectivity index (χ1v) is 37.8. The fraction of sp³-hybridized carbons (Fsp3) is 0.940. The van der Waals surface area contributed by atoms with E-state index in [1.54, 1.807) is 0 Å². The van der Waals surface area contributed by atoms with E-state index in [2.05, 4.69) is 48.5 Å². The normalized spacial score (nSPS) is 14.3. The molecule has 5 atom stereocenters. The highest BCUT2D eigenvalue weighted by Crippen LogP contribution is 2.45. The topological polar surface area (TPSA) is 237 Å². The van der Waals surface area contributed by atoms with Crippen LogP contribution >= 0.6 is 15.6 Å². The van der Waals surface area contributed by atoms with Gasteiger partial charge in [0, 0.05) is 25.7 Å². The van der Waals surface area contributed by atoms with Gasteiger partial charge in [-0.1, -0.05) is 280 Å². The maximum Gasteiger partial charge on any atom is 0.472 e. The highest BCUT2D eigenvalue weighted by atomic mass is 31.2. The fourth-order valence-electron chi connectivity index (χ4n) is 10.0. The van der Waals surface area contributed by atoms with Crippen LogP contribution in [0.3, 0.4) is 0 Å². The summed E-state index contributed by atoms with van der Waals surface area (Å²) in [5, 5.41) is 10.6. The second kappa shape index (κ2) is 58.2. The van der Waals surface area contributed by atoms with Gasteiger partial charge in [0.2, 0.25) is 0 Å². The van der Waals surface area contributed by atoms with Crippen molar-refractivity contribution in [2.24, 2.45) is 17.8 Å². The smallest absolute Gasteiger partial charge is 0.462 e. The zero-order valence-corrected chi connectivity index (χ0v) is 57.6. The van der Waals surface area contributed by atoms with E-state index < -0.39 is 97.5 Å². The first kappa shape index (κ1) is 84.1. The van der Waals surface area contributed by atoms with Gasteiger partial charge in [-0.05, 0) is 43.4 Å². The van der Waals surface area contributed by atoms with Crippen LogP contribution in [-0.2, 0) is 65.4 Å². The first-order valence-electron chi connectivity index (χ1n) is 34.8. The van der Waals surface area contributed by atoms with E-state index in [0.717, 1.165) is 102 Å². The van der Waals surface area contributed by atoms with Crippen molar-refractivity contribution >= 4 is 39.5 Å². The van der Waals surface area contributed by atoms with E-state index in [1.165, 1.54) is 135 Å². The lowest BCUT2D eigenvalue weighted by Gasteiger charge is -2.21. The predicted molar refractivity (Wildman–Crippen MR) is 344 cm³/mol. The molecule has 0 aromatic rings. The second-order valence-corrected chi connectivity index (χ2v) is 28.5. The molecule has 0 saturated heterocycles. The Kier molecular flexibility index (Phi) is 56.9. The molecular weight excluding hydrogens is 1140 g/mol. The Morgan fingerprint density at radius 1 is 0.314 bits per heavy atom. The minimum atomic E-state index is -4.95. The molecular formula is C67H130O17P2. The molecule has 0 aliphatic rings. The van der Waals surface area contributed by atoms with E-state index in [4.69, 9.17) is 37.0 Å². The van der Waals surface area contributed by atoms with Gasteiger partial charge >= 0.3 is 39.5 Å². The number of phosphoric ester groups is 2. The van der Waals surface area contributed by atoms with Gasteiger partial charge in [-0.3, -0.25) is 37.3 Å². The van der Waals surface area contributed by atoms with Gasteiger partial charge in [-0.2, -0.15) is 0 Å². The first-order chi connectivity index (χ1) is 41.2. The molecule has 0 aromatic carbocycles. The van der Waals surface area contributed by atoms with Crippen molar-refractivity contribution in [2.45, 2.75) is 349 Å². The minimum absolute atomic E-state index is 0.102. The number of hydrogen-bond donors (Lipinski definition) is 3. The lowest BCUT2D eigenvalue weighted by Crippen LogP contribution is -2.30. The molecule has 3 N–H and O–H groups in total. The van der Waals surface area contributed by atoms with Crippen LogP contribution in [-0.4, -0.2) is 96.7 Å². The summed E-state index contributed by atoms with van der Waals surface area (Å²) in [4.78, 5) is 72.3. The van der Waals surface area contributed by atoms with Crippen molar-refractivity contribution in [3.05, 3.63) is 0 Å². The molecule has 0 spiro atoms. The molecule has 0 rings (SSSR count). The Balaban J connectivity index is 5.23. The minimum Gasteiger partial charge on any atom is -0.462 e. The van der Waals surface area contributed by atoms with E-state index >= 15 is 0 Å². The zero-order chi connectivity index (χ0) is 63.8.